The SMILES string of the molecule is CCCCCCCCCCCCCCCCCCC(O)C(CO)NC(=O)CCCCCCCCC/C=C\CCCCCCCCOC(=O)CCCCCCCCCCCCC. The van der Waals surface area contributed by atoms with Gasteiger partial charge in [-0.25, -0.2) is 0 Å². The summed E-state index contributed by atoms with van der Waals surface area (Å²) in [5, 5.41) is 23.3. The van der Waals surface area contributed by atoms with E-state index in [9.17, 15) is 19.8 Å². The number of esters is 1. The van der Waals surface area contributed by atoms with Gasteiger partial charge >= 0.3 is 5.97 Å². The Hall–Kier alpha value is -1.40. The number of hydrogen-bond acceptors (Lipinski definition) is 5. The Bertz CT molecular complexity index is 909. The Labute approximate surface area is 380 Å². The zero-order valence-corrected chi connectivity index (χ0v) is 41.2. The molecule has 6 nitrogen and oxygen atoms in total. The molecule has 6 heteroatoms. The van der Waals surface area contributed by atoms with Crippen molar-refractivity contribution in [2.75, 3.05) is 13.2 Å². The van der Waals surface area contributed by atoms with Gasteiger partial charge in [0, 0.05) is 12.8 Å². The standard InChI is InChI=1S/C55H107NO5/c1-3-5-7-9-11-13-15-16-17-21-24-28-31-35-39-43-47-53(58)52(51-57)56-54(59)48-44-40-36-32-29-25-22-19-18-20-23-26-30-34-38-42-46-50-61-55(60)49-45-41-37-33-27-14-12-10-8-6-4-2/h18,20,52-53,57-58H,3-17,19,21-51H2,1-2H3,(H,56,59)/b20-18-. The van der Waals surface area contributed by atoms with Crippen molar-refractivity contribution < 1.29 is 24.5 Å². The lowest BCUT2D eigenvalue weighted by molar-refractivity contribution is -0.143. The summed E-state index contributed by atoms with van der Waals surface area (Å²) in [6.07, 6.45) is 59.0. The molecule has 0 spiro atoms. The van der Waals surface area contributed by atoms with Crippen LogP contribution < -0.4 is 5.32 Å². The van der Waals surface area contributed by atoms with Crippen molar-refractivity contribution in [2.24, 2.45) is 0 Å². The third-order valence-electron chi connectivity index (χ3n) is 12.8. The van der Waals surface area contributed by atoms with Gasteiger partial charge in [-0.15, -0.1) is 0 Å². The summed E-state index contributed by atoms with van der Waals surface area (Å²) in [6, 6.07) is -0.549. The van der Waals surface area contributed by atoms with E-state index in [2.05, 4.69) is 31.3 Å². The molecule has 0 aromatic heterocycles. The van der Waals surface area contributed by atoms with Crippen molar-refractivity contribution >= 4 is 11.9 Å². The van der Waals surface area contributed by atoms with Crippen LogP contribution in [0.25, 0.3) is 0 Å². The number of carbonyl (C=O) groups excluding carboxylic acids is 2. The molecule has 0 saturated heterocycles. The number of ether oxygens (including phenoxy) is 1. The number of carbonyl (C=O) groups is 2. The van der Waals surface area contributed by atoms with Gasteiger partial charge in [0.15, 0.2) is 0 Å². The van der Waals surface area contributed by atoms with Crippen LogP contribution in [-0.2, 0) is 14.3 Å². The minimum Gasteiger partial charge on any atom is -0.466 e. The molecule has 0 bridgehead atoms. The molecule has 0 rings (SSSR count). The largest absolute Gasteiger partial charge is 0.466 e. The van der Waals surface area contributed by atoms with E-state index >= 15 is 0 Å². The van der Waals surface area contributed by atoms with Crippen LogP contribution in [0.3, 0.4) is 0 Å². The first-order chi connectivity index (χ1) is 30.0. The Morgan fingerprint density at radius 1 is 0.443 bits per heavy atom. The highest BCUT2D eigenvalue weighted by Crippen LogP contribution is 2.17. The first-order valence-corrected chi connectivity index (χ1v) is 27.4. The summed E-state index contributed by atoms with van der Waals surface area (Å²) >= 11 is 0. The number of aliphatic hydroxyl groups excluding tert-OH is 2. The Kier molecular flexibility index (Phi) is 50.1. The number of allylic oxidation sites excluding steroid dienone is 2. The van der Waals surface area contributed by atoms with Crippen LogP contribution in [-0.4, -0.2) is 47.4 Å². The second-order valence-electron chi connectivity index (χ2n) is 18.9. The molecular formula is C55H107NO5. The predicted molar refractivity (Wildman–Crippen MR) is 264 cm³/mol. The fourth-order valence-electron chi connectivity index (χ4n) is 8.58. The van der Waals surface area contributed by atoms with Crippen LogP contribution in [0.5, 0.6) is 0 Å². The molecule has 0 radical (unpaired) electrons. The third-order valence-corrected chi connectivity index (χ3v) is 12.8. The highest BCUT2D eigenvalue weighted by Gasteiger charge is 2.20. The minimum absolute atomic E-state index is 0.00175. The van der Waals surface area contributed by atoms with Gasteiger partial charge in [-0.2, -0.15) is 0 Å². The van der Waals surface area contributed by atoms with Gasteiger partial charge in [-0.1, -0.05) is 251 Å². The molecular weight excluding hydrogens is 755 g/mol. The topological polar surface area (TPSA) is 95.9 Å². The lowest BCUT2D eigenvalue weighted by atomic mass is 10.0. The summed E-state index contributed by atoms with van der Waals surface area (Å²) in [6.45, 7) is 4.94. The van der Waals surface area contributed by atoms with Crippen LogP contribution in [0.1, 0.15) is 303 Å². The van der Waals surface area contributed by atoms with Gasteiger partial charge in [-0.3, -0.25) is 9.59 Å². The molecule has 61 heavy (non-hydrogen) atoms. The number of unbranched alkanes of at least 4 members (excludes halogenated alkanes) is 38. The zero-order chi connectivity index (χ0) is 44.4. The highest BCUT2D eigenvalue weighted by atomic mass is 16.5. The summed E-state index contributed by atoms with van der Waals surface area (Å²) in [4.78, 5) is 24.4. The summed E-state index contributed by atoms with van der Waals surface area (Å²) in [5.41, 5.74) is 0. The van der Waals surface area contributed by atoms with Crippen molar-refractivity contribution in [1.82, 2.24) is 5.32 Å². The Balaban J connectivity index is 3.46. The van der Waals surface area contributed by atoms with Crippen molar-refractivity contribution in [2.45, 2.75) is 315 Å². The molecule has 362 valence electrons. The predicted octanol–water partition coefficient (Wildman–Crippen LogP) is 16.5. The van der Waals surface area contributed by atoms with Crippen LogP contribution >= 0.6 is 0 Å². The fraction of sp³-hybridized carbons (Fsp3) is 0.927. The van der Waals surface area contributed by atoms with Gasteiger partial charge in [0.2, 0.25) is 5.91 Å². The van der Waals surface area contributed by atoms with E-state index in [0.717, 1.165) is 51.4 Å². The maximum atomic E-state index is 12.5. The van der Waals surface area contributed by atoms with E-state index in [1.165, 1.54) is 218 Å². The molecule has 0 fully saturated rings. The smallest absolute Gasteiger partial charge is 0.305 e. The van der Waals surface area contributed by atoms with Crippen molar-refractivity contribution in [3.05, 3.63) is 12.2 Å². The lowest BCUT2D eigenvalue weighted by Crippen LogP contribution is -2.45. The summed E-state index contributed by atoms with van der Waals surface area (Å²) < 4.78 is 5.45. The maximum absolute atomic E-state index is 12.5. The average molecular weight is 862 g/mol. The monoisotopic (exact) mass is 862 g/mol. The fourth-order valence-corrected chi connectivity index (χ4v) is 8.58. The van der Waals surface area contributed by atoms with Crippen molar-refractivity contribution in [3.63, 3.8) is 0 Å². The number of amides is 1. The van der Waals surface area contributed by atoms with E-state index in [-0.39, 0.29) is 18.5 Å². The van der Waals surface area contributed by atoms with Gasteiger partial charge in [0.05, 0.1) is 25.4 Å². The molecule has 0 aliphatic carbocycles. The molecule has 3 N–H and O–H groups in total. The van der Waals surface area contributed by atoms with E-state index in [4.69, 9.17) is 4.74 Å². The van der Waals surface area contributed by atoms with Gasteiger partial charge < -0.3 is 20.3 Å². The van der Waals surface area contributed by atoms with E-state index in [0.29, 0.717) is 25.9 Å². The van der Waals surface area contributed by atoms with Crippen LogP contribution in [0.15, 0.2) is 12.2 Å². The first kappa shape index (κ1) is 59.6. The normalized spacial score (nSPS) is 12.7. The van der Waals surface area contributed by atoms with E-state index in [1.807, 2.05) is 0 Å². The van der Waals surface area contributed by atoms with E-state index in [1.54, 1.807) is 0 Å². The van der Waals surface area contributed by atoms with E-state index < -0.39 is 12.1 Å². The maximum Gasteiger partial charge on any atom is 0.305 e. The second-order valence-corrected chi connectivity index (χ2v) is 18.9. The molecule has 0 saturated carbocycles. The molecule has 0 heterocycles. The number of aliphatic hydroxyl groups is 2. The third kappa shape index (κ3) is 47.9. The number of nitrogens with one attached hydrogen (secondary N) is 1. The average Bonchev–Trinajstić information content (AvgIpc) is 3.26. The van der Waals surface area contributed by atoms with Gasteiger partial charge in [0.25, 0.3) is 0 Å². The summed E-state index contributed by atoms with van der Waals surface area (Å²) in [7, 11) is 0. The van der Waals surface area contributed by atoms with Crippen molar-refractivity contribution in [1.29, 1.82) is 0 Å². The van der Waals surface area contributed by atoms with Gasteiger partial charge in [-0.05, 0) is 51.4 Å². The highest BCUT2D eigenvalue weighted by molar-refractivity contribution is 5.76. The number of rotatable bonds is 51. The van der Waals surface area contributed by atoms with Crippen LogP contribution in [0.4, 0.5) is 0 Å². The second kappa shape index (κ2) is 51.2. The molecule has 0 aromatic carbocycles. The molecule has 0 aliphatic rings. The van der Waals surface area contributed by atoms with Crippen molar-refractivity contribution in [3.8, 4) is 0 Å². The molecule has 0 aliphatic heterocycles. The molecule has 2 atom stereocenters. The quantitative estimate of drug-likeness (QED) is 0.0322. The van der Waals surface area contributed by atoms with Crippen LogP contribution in [0, 0.1) is 0 Å². The first-order valence-electron chi connectivity index (χ1n) is 27.4. The minimum atomic E-state index is -0.671. The number of hydrogen-bond donors (Lipinski definition) is 3. The summed E-state index contributed by atoms with van der Waals surface area (Å²) in [5.74, 6) is -0.0469. The van der Waals surface area contributed by atoms with Crippen LogP contribution in [0.2, 0.25) is 0 Å². The lowest BCUT2D eigenvalue weighted by Gasteiger charge is -2.22. The molecule has 1 amide bonds. The van der Waals surface area contributed by atoms with Gasteiger partial charge in [0.1, 0.15) is 0 Å². The Morgan fingerprint density at radius 2 is 0.770 bits per heavy atom. The zero-order valence-electron chi connectivity index (χ0n) is 41.2. The molecule has 0 aromatic rings. The Morgan fingerprint density at radius 3 is 1.16 bits per heavy atom. The molecule has 2 unspecified atom stereocenters.